The Morgan fingerprint density at radius 2 is 1.24 bits per heavy atom. The lowest BCUT2D eigenvalue weighted by molar-refractivity contribution is -0.139. The average Bonchev–Trinajstić information content (AvgIpc) is 2.88. The second kappa shape index (κ2) is 15.4. The first kappa shape index (κ1) is 33.6. The largest absolute Gasteiger partial charge is 0.524 e. The van der Waals surface area contributed by atoms with Gasteiger partial charge < -0.3 is 35.0 Å². The summed E-state index contributed by atoms with van der Waals surface area (Å²) in [5.74, 6) is -1.81. The summed E-state index contributed by atoms with van der Waals surface area (Å²) in [6.07, 6.45) is 0.0743. The highest BCUT2D eigenvalue weighted by Crippen LogP contribution is 2.37. The van der Waals surface area contributed by atoms with Gasteiger partial charge in [-0.05, 0) is 53.8 Å². The molecule has 16 heteroatoms. The van der Waals surface area contributed by atoms with Gasteiger partial charge in [0.1, 0.15) is 30.2 Å². The van der Waals surface area contributed by atoms with Gasteiger partial charge in [-0.15, -0.1) is 0 Å². The number of rotatable bonds is 13. The molecule has 0 radical (unpaired) electrons. The van der Waals surface area contributed by atoms with Crippen LogP contribution in [0.15, 0.2) is 78.9 Å². The number of carboxylic acids is 2. The summed E-state index contributed by atoms with van der Waals surface area (Å²) in [6.45, 7) is 0.414. The number of phosphoric acid groups is 1. The molecule has 3 rings (SSSR count). The number of benzene rings is 3. The normalized spacial score (nSPS) is 12.8. The molecule has 0 amide bonds. The predicted molar refractivity (Wildman–Crippen MR) is 146 cm³/mol. The molecule has 2 atom stereocenters. The van der Waals surface area contributed by atoms with Crippen molar-refractivity contribution in [3.63, 3.8) is 0 Å². The number of hydrogen-bond donors (Lipinski definition) is 8. The summed E-state index contributed by atoms with van der Waals surface area (Å²) in [5, 5.41) is 19.4. The van der Waals surface area contributed by atoms with Gasteiger partial charge in [0.05, 0.1) is 0 Å². The number of carbonyl (C=O) groups is 2. The van der Waals surface area contributed by atoms with Crippen molar-refractivity contribution in [3.8, 4) is 11.5 Å². The van der Waals surface area contributed by atoms with Crippen LogP contribution in [0.5, 0.6) is 11.5 Å². The van der Waals surface area contributed by atoms with E-state index < -0.39 is 39.6 Å². The van der Waals surface area contributed by atoms with Crippen LogP contribution in [0.3, 0.4) is 0 Å². The SMILES string of the molecule is N[C@@H](Cc1ccc(OP(=O)(O)O)cc1)C(=O)O.O=C(O)[C@H](Cc1ccc(OCc2ccccc2)cc1)NP(=O)(O)O. The molecule has 0 bridgehead atoms. The summed E-state index contributed by atoms with van der Waals surface area (Å²) in [4.78, 5) is 56.4. The van der Waals surface area contributed by atoms with Crippen LogP contribution < -0.4 is 20.1 Å². The maximum Gasteiger partial charge on any atom is 0.524 e. The van der Waals surface area contributed by atoms with Gasteiger partial charge in [-0.25, -0.2) is 14.2 Å². The van der Waals surface area contributed by atoms with E-state index in [1.165, 1.54) is 24.3 Å². The minimum atomic E-state index is -4.62. The van der Waals surface area contributed by atoms with Gasteiger partial charge in [-0.3, -0.25) is 19.4 Å². The summed E-state index contributed by atoms with van der Waals surface area (Å²) in [7, 11) is -9.19. The highest BCUT2D eigenvalue weighted by Gasteiger charge is 2.26. The molecule has 0 unspecified atom stereocenters. The maximum atomic E-state index is 11.1. The van der Waals surface area contributed by atoms with Gasteiger partial charge >= 0.3 is 27.5 Å². The molecular weight excluding hydrogens is 582 g/mol. The third-order valence-electron chi connectivity index (χ3n) is 5.15. The monoisotopic (exact) mass is 612 g/mol. The number of hydrogen-bond acceptors (Lipinski definition) is 7. The molecule has 14 nitrogen and oxygen atoms in total. The molecule has 0 heterocycles. The second-order valence-electron chi connectivity index (χ2n) is 8.56. The van der Waals surface area contributed by atoms with Crippen LogP contribution in [0.2, 0.25) is 0 Å². The molecule has 0 aliphatic carbocycles. The summed E-state index contributed by atoms with van der Waals surface area (Å²) >= 11 is 0. The molecule has 0 spiro atoms. The van der Waals surface area contributed by atoms with Crippen molar-refractivity contribution in [1.29, 1.82) is 0 Å². The van der Waals surface area contributed by atoms with E-state index in [1.54, 1.807) is 29.4 Å². The minimum Gasteiger partial charge on any atom is -0.489 e. The Morgan fingerprint density at radius 1 is 0.732 bits per heavy atom. The first-order valence-corrected chi connectivity index (χ1v) is 14.9. The third-order valence-corrected chi connectivity index (χ3v) is 6.25. The van der Waals surface area contributed by atoms with Crippen LogP contribution in [0.1, 0.15) is 16.7 Å². The topological polar surface area (TPSA) is 246 Å². The van der Waals surface area contributed by atoms with Gasteiger partial charge in [-0.2, -0.15) is 0 Å². The Bertz CT molecular complexity index is 1360. The number of carboxylic acid groups (broad SMARTS) is 2. The van der Waals surface area contributed by atoms with E-state index in [2.05, 4.69) is 4.52 Å². The third kappa shape index (κ3) is 14.0. The van der Waals surface area contributed by atoms with Crippen LogP contribution in [-0.4, -0.2) is 53.8 Å². The van der Waals surface area contributed by atoms with Crippen molar-refractivity contribution in [1.82, 2.24) is 5.09 Å². The standard InChI is InChI=1S/C16H18NO6P.C9H12NO6P/c18-16(19)15(17-24(20,21)22)10-12-6-8-14(9-7-12)23-11-13-4-2-1-3-5-13;10-8(9(11)12)5-6-1-3-7(4-2-6)16-17(13,14)15/h1-9,15H,10-11H2,(H,18,19)(H3,17,20,21,22);1-4,8H,5,10H2,(H,11,12)(H2,13,14,15)/t15-;8-/m00/s1. The molecule has 222 valence electrons. The van der Waals surface area contributed by atoms with Gasteiger partial charge in [-0.1, -0.05) is 54.6 Å². The Morgan fingerprint density at radius 3 is 1.71 bits per heavy atom. The Labute approximate surface area is 234 Å². The van der Waals surface area contributed by atoms with Crippen LogP contribution >= 0.6 is 15.6 Å². The molecule has 0 saturated carbocycles. The zero-order valence-corrected chi connectivity index (χ0v) is 23.2. The minimum absolute atomic E-state index is 0.00554. The van der Waals surface area contributed by atoms with Crippen LogP contribution in [0.25, 0.3) is 0 Å². The number of aliphatic carboxylic acids is 2. The van der Waals surface area contributed by atoms with Gasteiger partial charge in [0.15, 0.2) is 0 Å². The molecule has 3 aromatic rings. The first-order chi connectivity index (χ1) is 19.1. The van der Waals surface area contributed by atoms with Crippen LogP contribution in [0, 0.1) is 0 Å². The van der Waals surface area contributed by atoms with Crippen LogP contribution in [-0.2, 0) is 38.2 Å². The highest BCUT2D eigenvalue weighted by atomic mass is 31.2. The van der Waals surface area contributed by atoms with E-state index in [0.29, 0.717) is 23.5 Å². The van der Waals surface area contributed by atoms with Crippen molar-refractivity contribution in [2.45, 2.75) is 31.5 Å². The summed E-state index contributed by atoms with van der Waals surface area (Å²) < 4.78 is 31.4. The first-order valence-electron chi connectivity index (χ1n) is 11.8. The zero-order valence-electron chi connectivity index (χ0n) is 21.4. The molecule has 3 aromatic carbocycles. The van der Waals surface area contributed by atoms with Gasteiger partial charge in [0, 0.05) is 0 Å². The highest BCUT2D eigenvalue weighted by molar-refractivity contribution is 7.49. The van der Waals surface area contributed by atoms with E-state index in [9.17, 15) is 18.7 Å². The lowest BCUT2D eigenvalue weighted by Gasteiger charge is -2.15. The van der Waals surface area contributed by atoms with Crippen LogP contribution in [0.4, 0.5) is 0 Å². The van der Waals surface area contributed by atoms with Crippen molar-refractivity contribution >= 4 is 27.5 Å². The van der Waals surface area contributed by atoms with E-state index in [1.807, 2.05) is 30.3 Å². The molecule has 0 fully saturated rings. The maximum absolute atomic E-state index is 11.1. The number of nitrogens with one attached hydrogen (secondary N) is 1. The summed E-state index contributed by atoms with van der Waals surface area (Å²) in [5.41, 5.74) is 7.62. The van der Waals surface area contributed by atoms with Crippen molar-refractivity contribution in [2.75, 3.05) is 0 Å². The molecule has 0 saturated heterocycles. The Balaban J connectivity index is 0.000000305. The Kier molecular flexibility index (Phi) is 12.7. The molecule has 41 heavy (non-hydrogen) atoms. The van der Waals surface area contributed by atoms with E-state index in [-0.39, 0.29) is 18.6 Å². The van der Waals surface area contributed by atoms with Crippen molar-refractivity contribution < 1.29 is 57.8 Å². The smallest absolute Gasteiger partial charge is 0.489 e. The number of nitrogens with two attached hydrogens (primary N) is 1. The van der Waals surface area contributed by atoms with E-state index in [0.717, 1.165) is 5.56 Å². The summed E-state index contributed by atoms with van der Waals surface area (Å²) in [6, 6.07) is 19.6. The molecule has 9 N–H and O–H groups in total. The van der Waals surface area contributed by atoms with E-state index >= 15 is 0 Å². The molecule has 0 aliphatic rings. The number of phosphoric ester groups is 1. The fourth-order valence-corrected chi connectivity index (χ4v) is 4.26. The second-order valence-corrected chi connectivity index (χ2v) is 11.1. The Hall–Kier alpha value is -3.58. The zero-order chi connectivity index (χ0) is 30.6. The van der Waals surface area contributed by atoms with Gasteiger partial charge in [0.2, 0.25) is 0 Å². The number of ether oxygens (including phenoxy) is 1. The lowest BCUT2D eigenvalue weighted by atomic mass is 10.1. The molecular formula is C25H30N2O12P2. The molecule has 0 aromatic heterocycles. The fourth-order valence-electron chi connectivity index (χ4n) is 3.25. The van der Waals surface area contributed by atoms with Gasteiger partial charge in [0.25, 0.3) is 0 Å². The fraction of sp³-hybridized carbons (Fsp3) is 0.200. The molecule has 0 aliphatic heterocycles. The quantitative estimate of drug-likeness (QED) is 0.129. The van der Waals surface area contributed by atoms with E-state index in [4.69, 9.17) is 40.3 Å². The lowest BCUT2D eigenvalue weighted by Crippen LogP contribution is -2.36. The predicted octanol–water partition coefficient (Wildman–Crippen LogP) is 2.06. The van der Waals surface area contributed by atoms with Crippen molar-refractivity contribution in [3.05, 3.63) is 95.6 Å². The van der Waals surface area contributed by atoms with Crippen molar-refractivity contribution in [2.24, 2.45) is 5.73 Å². The average molecular weight is 612 g/mol.